The highest BCUT2D eigenvalue weighted by Gasteiger charge is 2.26. The molecule has 4 aromatic rings. The minimum atomic E-state index is -0.442. The average molecular weight is 436 g/mol. The molecule has 0 fully saturated rings. The third-order valence-electron chi connectivity index (χ3n) is 5.12. The van der Waals surface area contributed by atoms with E-state index in [4.69, 9.17) is 4.74 Å². The maximum Gasteiger partial charge on any atom is 0.340 e. The van der Waals surface area contributed by atoms with Crippen molar-refractivity contribution in [3.05, 3.63) is 102 Å². The van der Waals surface area contributed by atoms with E-state index in [1.54, 1.807) is 49.9 Å². The van der Waals surface area contributed by atoms with Crippen LogP contribution in [0.5, 0.6) is 0 Å². The van der Waals surface area contributed by atoms with Crippen LogP contribution in [0.3, 0.4) is 0 Å². The van der Waals surface area contributed by atoms with E-state index in [1.807, 2.05) is 30.3 Å². The quantitative estimate of drug-likeness (QED) is 0.353. The van der Waals surface area contributed by atoms with Gasteiger partial charge in [0.25, 0.3) is 0 Å². The molecule has 1 aromatic heterocycles. The number of hydrogen-bond acceptors (Lipinski definition) is 6. The number of amidine groups is 1. The van der Waals surface area contributed by atoms with Gasteiger partial charge in [-0.3, -0.25) is 0 Å². The summed E-state index contributed by atoms with van der Waals surface area (Å²) in [6.07, 6.45) is 0. The first-order valence-corrected chi connectivity index (χ1v) is 10.1. The molecule has 0 saturated carbocycles. The molecule has 5 rings (SSSR count). The van der Waals surface area contributed by atoms with Crippen molar-refractivity contribution < 1.29 is 13.9 Å². The first kappa shape index (κ1) is 20.5. The molecule has 0 unspecified atom stereocenters. The Morgan fingerprint density at radius 3 is 2.52 bits per heavy atom. The zero-order chi connectivity index (χ0) is 22.8. The lowest BCUT2D eigenvalue weighted by Crippen LogP contribution is -2.09. The maximum atomic E-state index is 14.6. The van der Waals surface area contributed by atoms with Crippen LogP contribution in [0, 0.1) is 5.82 Å². The summed E-state index contributed by atoms with van der Waals surface area (Å²) in [6.45, 7) is 0. The van der Waals surface area contributed by atoms with Crippen LogP contribution >= 0.6 is 0 Å². The summed E-state index contributed by atoms with van der Waals surface area (Å²) in [7, 11) is 2.92. The Hall–Kier alpha value is -4.40. The monoisotopic (exact) mass is 436 g/mol. The summed E-state index contributed by atoms with van der Waals surface area (Å²) in [5, 5.41) is 8.54. The summed E-state index contributed by atoms with van der Waals surface area (Å²) >= 11 is 0. The van der Waals surface area contributed by atoms with Gasteiger partial charge in [0.15, 0.2) is 0 Å². The number of esters is 1. The Bertz CT molecular complexity index is 1420. The molecular formula is C24H16BFN5O2. The second-order valence-corrected chi connectivity index (χ2v) is 7.17. The van der Waals surface area contributed by atoms with Crippen LogP contribution in [0.15, 0.2) is 88.8 Å². The van der Waals surface area contributed by atoms with Crippen molar-refractivity contribution in [2.24, 2.45) is 9.90 Å². The molecule has 0 spiro atoms. The van der Waals surface area contributed by atoms with Gasteiger partial charge < -0.3 is 9.64 Å². The van der Waals surface area contributed by atoms with Crippen LogP contribution in [-0.2, 0) is 4.74 Å². The number of rotatable bonds is 5. The average Bonchev–Trinajstić information content (AvgIpc) is 3.52. The van der Waals surface area contributed by atoms with Gasteiger partial charge in [0.1, 0.15) is 28.7 Å². The minimum absolute atomic E-state index is 0.278. The standard InChI is InChI=1S/C24H16BFN5O2/c1-33-24(32)17-11-7-10-16(14-17)23-27-22(25-28-23)20-21(15-8-3-2-4-9-15)31(30-29-20)19-13-6-5-12-18(19)26/h2-14H,1H3. The van der Waals surface area contributed by atoms with Gasteiger partial charge in [-0.05, 0) is 24.3 Å². The molecule has 0 atom stereocenters. The Kier molecular flexibility index (Phi) is 5.36. The van der Waals surface area contributed by atoms with Crippen molar-refractivity contribution in [1.82, 2.24) is 15.0 Å². The Balaban J connectivity index is 1.59. The molecule has 0 saturated heterocycles. The minimum Gasteiger partial charge on any atom is -0.465 e. The lowest BCUT2D eigenvalue weighted by Gasteiger charge is -2.09. The van der Waals surface area contributed by atoms with Crippen molar-refractivity contribution in [2.45, 2.75) is 0 Å². The number of halogens is 1. The number of benzene rings is 3. The van der Waals surface area contributed by atoms with E-state index in [0.717, 1.165) is 5.56 Å². The largest absolute Gasteiger partial charge is 0.465 e. The van der Waals surface area contributed by atoms with Gasteiger partial charge in [-0.1, -0.05) is 59.8 Å². The van der Waals surface area contributed by atoms with Crippen LogP contribution in [0.4, 0.5) is 4.39 Å². The van der Waals surface area contributed by atoms with E-state index in [0.29, 0.717) is 34.0 Å². The lowest BCUT2D eigenvalue weighted by molar-refractivity contribution is 0.0600. The van der Waals surface area contributed by atoms with Crippen molar-refractivity contribution in [3.8, 4) is 16.9 Å². The molecule has 0 amide bonds. The van der Waals surface area contributed by atoms with E-state index in [9.17, 15) is 9.18 Å². The van der Waals surface area contributed by atoms with Gasteiger partial charge in [0, 0.05) is 11.1 Å². The fourth-order valence-electron chi connectivity index (χ4n) is 3.55. The molecule has 2 heterocycles. The summed E-state index contributed by atoms with van der Waals surface area (Å²) in [4.78, 5) is 20.9. The third kappa shape index (κ3) is 3.85. The molecule has 0 aliphatic carbocycles. The van der Waals surface area contributed by atoms with Crippen LogP contribution in [0.1, 0.15) is 21.6 Å². The van der Waals surface area contributed by atoms with E-state index in [-0.39, 0.29) is 5.69 Å². The number of carbonyl (C=O) groups is 1. The molecule has 9 heteroatoms. The highest BCUT2D eigenvalue weighted by atomic mass is 19.1. The number of methoxy groups -OCH3 is 1. The zero-order valence-corrected chi connectivity index (χ0v) is 17.5. The van der Waals surface area contributed by atoms with Crippen LogP contribution < -0.4 is 0 Å². The number of aliphatic imine (C=N–C) groups is 1. The molecule has 33 heavy (non-hydrogen) atoms. The van der Waals surface area contributed by atoms with E-state index >= 15 is 0 Å². The van der Waals surface area contributed by atoms with E-state index in [2.05, 4.69) is 20.2 Å². The SMILES string of the molecule is COC(=O)c1cccc(C2=N[B]C(c3nnn(-c4ccccc4F)c3-c3ccccc3)=N2)c1. The topological polar surface area (TPSA) is 81.7 Å². The summed E-state index contributed by atoms with van der Waals surface area (Å²) in [5.74, 6) is -0.432. The number of nitrogens with zero attached hydrogens (tertiary/aromatic N) is 5. The first-order valence-electron chi connectivity index (χ1n) is 10.1. The van der Waals surface area contributed by atoms with Crippen molar-refractivity contribution >= 4 is 24.8 Å². The summed E-state index contributed by atoms with van der Waals surface area (Å²) in [5.41, 5.74) is 3.68. The molecule has 1 radical (unpaired) electrons. The normalized spacial score (nSPS) is 12.7. The Morgan fingerprint density at radius 2 is 1.73 bits per heavy atom. The van der Waals surface area contributed by atoms with Crippen LogP contribution in [-0.4, -0.2) is 46.9 Å². The fourth-order valence-corrected chi connectivity index (χ4v) is 3.55. The smallest absolute Gasteiger partial charge is 0.340 e. The van der Waals surface area contributed by atoms with Gasteiger partial charge in [0.2, 0.25) is 0 Å². The third-order valence-corrected chi connectivity index (χ3v) is 5.12. The maximum absolute atomic E-state index is 14.6. The van der Waals surface area contributed by atoms with Crippen molar-refractivity contribution in [2.75, 3.05) is 7.11 Å². The van der Waals surface area contributed by atoms with Gasteiger partial charge in [0.05, 0.1) is 18.3 Å². The van der Waals surface area contributed by atoms with Gasteiger partial charge in [-0.25, -0.2) is 18.9 Å². The number of hydrogen-bond donors (Lipinski definition) is 0. The van der Waals surface area contributed by atoms with E-state index < -0.39 is 11.8 Å². The fraction of sp³-hybridized carbons (Fsp3) is 0.0417. The molecule has 0 N–H and O–H groups in total. The van der Waals surface area contributed by atoms with Gasteiger partial charge in [-0.2, -0.15) is 0 Å². The van der Waals surface area contributed by atoms with Crippen LogP contribution in [0.2, 0.25) is 0 Å². The Labute approximate surface area is 189 Å². The number of ether oxygens (including phenoxy) is 1. The molecule has 7 nitrogen and oxygen atoms in total. The van der Waals surface area contributed by atoms with Crippen LogP contribution in [0.25, 0.3) is 16.9 Å². The lowest BCUT2D eigenvalue weighted by atomic mass is 9.84. The predicted molar refractivity (Wildman–Crippen MR) is 123 cm³/mol. The highest BCUT2D eigenvalue weighted by molar-refractivity contribution is 6.81. The number of aromatic nitrogens is 3. The first-order chi connectivity index (χ1) is 16.2. The molecule has 3 aromatic carbocycles. The molecule has 1 aliphatic heterocycles. The van der Waals surface area contributed by atoms with Crippen molar-refractivity contribution in [3.63, 3.8) is 0 Å². The summed E-state index contributed by atoms with van der Waals surface area (Å²) < 4.78 is 20.8. The Morgan fingerprint density at radius 1 is 0.970 bits per heavy atom. The van der Waals surface area contributed by atoms with Gasteiger partial charge in [-0.15, -0.1) is 5.10 Å². The predicted octanol–water partition coefficient (Wildman–Crippen LogP) is 3.69. The zero-order valence-electron chi connectivity index (χ0n) is 17.5. The van der Waals surface area contributed by atoms with Crippen molar-refractivity contribution in [1.29, 1.82) is 0 Å². The van der Waals surface area contributed by atoms with Gasteiger partial charge >= 0.3 is 13.4 Å². The number of para-hydroxylation sites is 1. The second-order valence-electron chi connectivity index (χ2n) is 7.17. The second kappa shape index (κ2) is 8.62. The van der Waals surface area contributed by atoms with E-state index in [1.165, 1.54) is 17.9 Å². The molecule has 1 aliphatic rings. The molecular weight excluding hydrogens is 420 g/mol. The number of carbonyl (C=O) groups excluding carboxylic acids is 1. The molecule has 159 valence electrons. The molecule has 0 bridgehead atoms. The highest BCUT2D eigenvalue weighted by Crippen LogP contribution is 2.27. The summed E-state index contributed by atoms with van der Waals surface area (Å²) in [6, 6.07) is 22.7.